The van der Waals surface area contributed by atoms with Gasteiger partial charge in [-0.2, -0.15) is 0 Å². The SMILES string of the molecule is Cn1c(=S)[nH]c2cc(C(=O)NCCOC3CCCCCC3)ccc2c1=O. The first-order valence-electron chi connectivity index (χ1n) is 9.19. The summed E-state index contributed by atoms with van der Waals surface area (Å²) in [6.45, 7) is 0.993. The number of amides is 1. The topological polar surface area (TPSA) is 76.1 Å². The molecular weight excluding hydrogens is 350 g/mol. The van der Waals surface area contributed by atoms with E-state index in [0.29, 0.717) is 40.5 Å². The van der Waals surface area contributed by atoms with Crippen LogP contribution in [0.3, 0.4) is 0 Å². The third kappa shape index (κ3) is 4.40. The van der Waals surface area contributed by atoms with E-state index in [-0.39, 0.29) is 11.5 Å². The van der Waals surface area contributed by atoms with E-state index in [0.717, 1.165) is 12.8 Å². The molecule has 1 aliphatic carbocycles. The Morgan fingerprint density at radius 1 is 1.31 bits per heavy atom. The van der Waals surface area contributed by atoms with Crippen molar-refractivity contribution in [2.45, 2.75) is 44.6 Å². The molecule has 2 aromatic rings. The molecule has 2 N–H and O–H groups in total. The average Bonchev–Trinajstić information content (AvgIpc) is 2.91. The van der Waals surface area contributed by atoms with Gasteiger partial charge in [-0.05, 0) is 43.3 Å². The van der Waals surface area contributed by atoms with Crippen molar-refractivity contribution >= 4 is 29.0 Å². The second-order valence-corrected chi connectivity index (χ2v) is 7.18. The Morgan fingerprint density at radius 3 is 2.77 bits per heavy atom. The van der Waals surface area contributed by atoms with Crippen LogP contribution in [0.2, 0.25) is 0 Å². The number of benzene rings is 1. The first kappa shape index (κ1) is 18.8. The van der Waals surface area contributed by atoms with E-state index in [1.54, 1.807) is 25.2 Å². The summed E-state index contributed by atoms with van der Waals surface area (Å²) in [4.78, 5) is 27.5. The highest BCUT2D eigenvalue weighted by molar-refractivity contribution is 7.71. The molecule has 1 heterocycles. The summed E-state index contributed by atoms with van der Waals surface area (Å²) in [5.74, 6) is -0.184. The molecule has 0 aliphatic heterocycles. The minimum absolute atomic E-state index is 0.174. The zero-order chi connectivity index (χ0) is 18.5. The van der Waals surface area contributed by atoms with Gasteiger partial charge in [0.15, 0.2) is 4.77 Å². The van der Waals surface area contributed by atoms with Gasteiger partial charge in [-0.1, -0.05) is 25.7 Å². The third-order valence-corrected chi connectivity index (χ3v) is 5.28. The van der Waals surface area contributed by atoms with Crippen LogP contribution in [0.25, 0.3) is 10.9 Å². The van der Waals surface area contributed by atoms with Crippen molar-refractivity contribution in [2.24, 2.45) is 7.05 Å². The van der Waals surface area contributed by atoms with Crippen LogP contribution in [0, 0.1) is 4.77 Å². The smallest absolute Gasteiger partial charge is 0.261 e. The van der Waals surface area contributed by atoms with Gasteiger partial charge in [-0.25, -0.2) is 0 Å². The van der Waals surface area contributed by atoms with E-state index in [9.17, 15) is 9.59 Å². The Kier molecular flexibility index (Phi) is 6.21. The zero-order valence-electron chi connectivity index (χ0n) is 15.0. The van der Waals surface area contributed by atoms with Crippen molar-refractivity contribution in [1.82, 2.24) is 14.9 Å². The second-order valence-electron chi connectivity index (χ2n) is 6.79. The number of rotatable bonds is 5. The van der Waals surface area contributed by atoms with E-state index in [1.165, 1.54) is 30.3 Å². The lowest BCUT2D eigenvalue weighted by atomic mass is 10.1. The summed E-state index contributed by atoms with van der Waals surface area (Å²) in [5, 5.41) is 3.38. The summed E-state index contributed by atoms with van der Waals surface area (Å²) < 4.78 is 7.59. The maximum absolute atomic E-state index is 12.3. The molecule has 140 valence electrons. The summed E-state index contributed by atoms with van der Waals surface area (Å²) in [5.41, 5.74) is 0.888. The molecule has 1 aromatic heterocycles. The van der Waals surface area contributed by atoms with Crippen LogP contribution in [0.15, 0.2) is 23.0 Å². The second kappa shape index (κ2) is 8.60. The van der Waals surface area contributed by atoms with Crippen LogP contribution in [0.4, 0.5) is 0 Å². The van der Waals surface area contributed by atoms with Gasteiger partial charge in [-0.3, -0.25) is 14.2 Å². The molecular formula is C19H25N3O3S. The number of aromatic amines is 1. The Morgan fingerprint density at radius 2 is 2.04 bits per heavy atom. The first-order valence-corrected chi connectivity index (χ1v) is 9.60. The predicted molar refractivity (Wildman–Crippen MR) is 104 cm³/mol. The lowest BCUT2D eigenvalue weighted by Gasteiger charge is -2.15. The molecule has 0 saturated heterocycles. The average molecular weight is 375 g/mol. The molecule has 1 amide bonds. The Bertz CT molecular complexity index is 895. The molecule has 1 aromatic carbocycles. The molecule has 7 heteroatoms. The summed E-state index contributed by atoms with van der Waals surface area (Å²) in [6, 6.07) is 4.97. The summed E-state index contributed by atoms with van der Waals surface area (Å²) in [7, 11) is 1.62. The number of fused-ring (bicyclic) bond motifs is 1. The van der Waals surface area contributed by atoms with Crippen LogP contribution in [0.5, 0.6) is 0 Å². The van der Waals surface area contributed by atoms with E-state index < -0.39 is 0 Å². The van der Waals surface area contributed by atoms with E-state index in [1.807, 2.05) is 0 Å². The Labute approximate surface area is 157 Å². The molecule has 1 saturated carbocycles. The van der Waals surface area contributed by atoms with Gasteiger partial charge in [0.05, 0.1) is 23.6 Å². The van der Waals surface area contributed by atoms with Crippen molar-refractivity contribution in [3.05, 3.63) is 38.9 Å². The highest BCUT2D eigenvalue weighted by atomic mass is 32.1. The number of carbonyl (C=O) groups is 1. The van der Waals surface area contributed by atoms with Gasteiger partial charge >= 0.3 is 0 Å². The molecule has 26 heavy (non-hydrogen) atoms. The van der Waals surface area contributed by atoms with E-state index >= 15 is 0 Å². The van der Waals surface area contributed by atoms with Gasteiger partial charge < -0.3 is 15.0 Å². The fourth-order valence-electron chi connectivity index (χ4n) is 3.35. The minimum Gasteiger partial charge on any atom is -0.376 e. The normalized spacial score (nSPS) is 15.7. The number of aromatic nitrogens is 2. The van der Waals surface area contributed by atoms with Gasteiger partial charge in [0.1, 0.15) is 0 Å². The Balaban J connectivity index is 1.58. The van der Waals surface area contributed by atoms with Crippen LogP contribution < -0.4 is 10.9 Å². The molecule has 0 spiro atoms. The van der Waals surface area contributed by atoms with Gasteiger partial charge in [0.2, 0.25) is 0 Å². The van der Waals surface area contributed by atoms with Crippen molar-refractivity contribution < 1.29 is 9.53 Å². The largest absolute Gasteiger partial charge is 0.376 e. The molecule has 0 radical (unpaired) electrons. The lowest BCUT2D eigenvalue weighted by molar-refractivity contribution is 0.0442. The highest BCUT2D eigenvalue weighted by Crippen LogP contribution is 2.19. The maximum Gasteiger partial charge on any atom is 0.261 e. The fraction of sp³-hybridized carbons (Fsp3) is 0.526. The number of H-pyrrole nitrogens is 1. The van der Waals surface area contributed by atoms with Crippen molar-refractivity contribution in [2.75, 3.05) is 13.2 Å². The molecule has 6 nitrogen and oxygen atoms in total. The molecule has 0 unspecified atom stereocenters. The molecule has 0 bridgehead atoms. The van der Waals surface area contributed by atoms with Crippen LogP contribution in [0.1, 0.15) is 48.9 Å². The number of hydrogen-bond acceptors (Lipinski definition) is 4. The molecule has 1 aliphatic rings. The molecule has 3 rings (SSSR count). The fourth-order valence-corrected chi connectivity index (χ4v) is 3.54. The zero-order valence-corrected chi connectivity index (χ0v) is 15.9. The lowest BCUT2D eigenvalue weighted by Crippen LogP contribution is -2.29. The number of carbonyl (C=O) groups excluding carboxylic acids is 1. The van der Waals surface area contributed by atoms with Gasteiger partial charge in [-0.15, -0.1) is 0 Å². The quantitative estimate of drug-likeness (QED) is 0.478. The molecule has 0 atom stereocenters. The Hall–Kier alpha value is -1.99. The van der Waals surface area contributed by atoms with Crippen LogP contribution in [-0.4, -0.2) is 34.7 Å². The number of nitrogens with one attached hydrogen (secondary N) is 2. The summed E-state index contributed by atoms with van der Waals surface area (Å²) in [6.07, 6.45) is 7.62. The molecule has 1 fully saturated rings. The van der Waals surface area contributed by atoms with Crippen molar-refractivity contribution in [3.8, 4) is 0 Å². The van der Waals surface area contributed by atoms with Gasteiger partial charge in [0, 0.05) is 19.2 Å². The van der Waals surface area contributed by atoms with Crippen molar-refractivity contribution in [1.29, 1.82) is 0 Å². The first-order chi connectivity index (χ1) is 12.6. The summed E-state index contributed by atoms with van der Waals surface area (Å²) >= 11 is 5.12. The number of ether oxygens (including phenoxy) is 1. The van der Waals surface area contributed by atoms with Crippen LogP contribution in [-0.2, 0) is 11.8 Å². The van der Waals surface area contributed by atoms with Crippen LogP contribution >= 0.6 is 12.2 Å². The third-order valence-electron chi connectivity index (χ3n) is 4.91. The highest BCUT2D eigenvalue weighted by Gasteiger charge is 2.13. The van der Waals surface area contributed by atoms with Crippen molar-refractivity contribution in [3.63, 3.8) is 0 Å². The standard InChI is InChI=1S/C19H25N3O3S/c1-22-18(24)15-9-8-13(12-16(15)21-19(22)26)17(23)20-10-11-25-14-6-4-2-3-5-7-14/h8-9,12,14H,2-7,10-11H2,1H3,(H,20,23)(H,21,26). The maximum atomic E-state index is 12.3. The predicted octanol–water partition coefficient (Wildman–Crippen LogP) is 3.07. The van der Waals surface area contributed by atoms with E-state index in [4.69, 9.17) is 17.0 Å². The van der Waals surface area contributed by atoms with Gasteiger partial charge in [0.25, 0.3) is 11.5 Å². The number of hydrogen-bond donors (Lipinski definition) is 2. The minimum atomic E-state index is -0.184. The van der Waals surface area contributed by atoms with E-state index in [2.05, 4.69) is 10.3 Å². The number of nitrogens with zero attached hydrogens (tertiary/aromatic N) is 1. The monoisotopic (exact) mass is 375 g/mol.